The Morgan fingerprint density at radius 2 is 1.74 bits per heavy atom. The molecule has 6 nitrogen and oxygen atoms in total. The number of hydrogen-bond acceptors (Lipinski definition) is 4. The molecule has 1 fully saturated rings. The maximum Gasteiger partial charge on any atom is 0.243 e. The van der Waals surface area contributed by atoms with Crippen LogP contribution in [0.2, 0.25) is 0 Å². The number of sulfonamides is 1. The van der Waals surface area contributed by atoms with Crippen LogP contribution >= 0.6 is 0 Å². The second-order valence-corrected chi connectivity index (χ2v) is 9.77. The minimum atomic E-state index is -3.89. The summed E-state index contributed by atoms with van der Waals surface area (Å²) >= 11 is 0. The highest BCUT2D eigenvalue weighted by atomic mass is 32.2. The molecular weight excluding hydrogens is 419 g/mol. The minimum Gasteiger partial charge on any atom is -0.381 e. The maximum absolute atomic E-state index is 14.4. The first-order chi connectivity index (χ1) is 14.8. The van der Waals surface area contributed by atoms with Gasteiger partial charge in [0.25, 0.3) is 0 Å². The van der Waals surface area contributed by atoms with E-state index in [-0.39, 0.29) is 17.5 Å². The van der Waals surface area contributed by atoms with E-state index in [1.54, 1.807) is 13.0 Å². The van der Waals surface area contributed by atoms with Crippen LogP contribution in [0.5, 0.6) is 0 Å². The number of hydrogen-bond donors (Lipinski definition) is 1. The van der Waals surface area contributed by atoms with Gasteiger partial charge in [-0.05, 0) is 37.0 Å². The second kappa shape index (κ2) is 9.78. The molecule has 8 heteroatoms. The first-order valence-corrected chi connectivity index (χ1v) is 12.3. The molecule has 1 aliphatic heterocycles. The number of nitrogens with one attached hydrogen (secondary N) is 1. The highest BCUT2D eigenvalue weighted by Gasteiger charge is 2.37. The molecule has 168 valence electrons. The van der Waals surface area contributed by atoms with Crippen molar-refractivity contribution < 1.29 is 22.3 Å². The number of ether oxygens (including phenoxy) is 1. The van der Waals surface area contributed by atoms with Gasteiger partial charge in [-0.25, -0.2) is 12.8 Å². The lowest BCUT2D eigenvalue weighted by Crippen LogP contribution is -2.53. The van der Waals surface area contributed by atoms with Crippen molar-refractivity contribution >= 4 is 21.6 Å². The van der Waals surface area contributed by atoms with Gasteiger partial charge in [-0.2, -0.15) is 0 Å². The van der Waals surface area contributed by atoms with Gasteiger partial charge in [-0.1, -0.05) is 49.4 Å². The predicted molar refractivity (Wildman–Crippen MR) is 119 cm³/mol. The number of halogens is 1. The number of nitrogens with zero attached hydrogens (tertiary/aromatic N) is 1. The van der Waals surface area contributed by atoms with E-state index in [0.29, 0.717) is 19.8 Å². The highest BCUT2D eigenvalue weighted by molar-refractivity contribution is 7.92. The lowest BCUT2D eigenvalue weighted by molar-refractivity contribution is -0.122. The predicted octanol–water partition coefficient (Wildman–Crippen LogP) is 3.23. The average molecular weight is 449 g/mol. The summed E-state index contributed by atoms with van der Waals surface area (Å²) in [6.45, 7) is 3.24. The van der Waals surface area contributed by atoms with Crippen LogP contribution in [0, 0.1) is 5.82 Å². The minimum absolute atomic E-state index is 0.129. The van der Waals surface area contributed by atoms with E-state index in [2.05, 4.69) is 5.32 Å². The third-order valence-corrected chi connectivity index (χ3v) is 7.02. The van der Waals surface area contributed by atoms with Gasteiger partial charge in [0.2, 0.25) is 15.9 Å². The Morgan fingerprint density at radius 3 is 2.32 bits per heavy atom. The van der Waals surface area contributed by atoms with Crippen molar-refractivity contribution in [2.45, 2.75) is 37.6 Å². The summed E-state index contributed by atoms with van der Waals surface area (Å²) in [6.07, 6.45) is 2.68. The van der Waals surface area contributed by atoms with E-state index in [0.717, 1.165) is 29.0 Å². The summed E-state index contributed by atoms with van der Waals surface area (Å²) in [7, 11) is -3.89. The number of amides is 1. The molecule has 0 spiro atoms. The number of para-hydroxylation sites is 1. The van der Waals surface area contributed by atoms with Crippen molar-refractivity contribution in [1.29, 1.82) is 0 Å². The molecule has 1 amide bonds. The molecule has 3 rings (SSSR count). The zero-order chi connectivity index (χ0) is 22.5. The summed E-state index contributed by atoms with van der Waals surface area (Å²) in [5.74, 6) is -1.14. The van der Waals surface area contributed by atoms with Crippen molar-refractivity contribution in [2.75, 3.05) is 30.3 Å². The van der Waals surface area contributed by atoms with E-state index < -0.39 is 27.8 Å². The Bertz CT molecular complexity index is 992. The van der Waals surface area contributed by atoms with Crippen molar-refractivity contribution in [1.82, 2.24) is 5.32 Å². The monoisotopic (exact) mass is 448 g/mol. The van der Waals surface area contributed by atoms with E-state index >= 15 is 0 Å². The number of benzene rings is 2. The summed E-state index contributed by atoms with van der Waals surface area (Å²) in [6, 6.07) is 14.5. The zero-order valence-corrected chi connectivity index (χ0v) is 18.7. The molecule has 31 heavy (non-hydrogen) atoms. The number of anilines is 1. The normalized spacial score (nSPS) is 17.0. The molecule has 1 N–H and O–H groups in total. The van der Waals surface area contributed by atoms with Gasteiger partial charge < -0.3 is 10.1 Å². The fourth-order valence-electron chi connectivity index (χ4n) is 4.16. The van der Waals surface area contributed by atoms with Gasteiger partial charge in [0.1, 0.15) is 11.9 Å². The standard InChI is InChI=1S/C23H29FN2O4S/c1-3-20(26(31(2,28)29)21-12-8-7-11-19(21)24)22(27)25-17-23(13-15-30-16-14-23)18-9-5-4-6-10-18/h4-12,20H,3,13-17H2,1-2H3,(H,25,27)/t20-/m0/s1. The van der Waals surface area contributed by atoms with E-state index in [9.17, 15) is 17.6 Å². The summed E-state index contributed by atoms with van der Waals surface area (Å²) in [5.41, 5.74) is 0.693. The fourth-order valence-corrected chi connectivity index (χ4v) is 5.37. The van der Waals surface area contributed by atoms with Crippen LogP contribution in [0.25, 0.3) is 0 Å². The molecule has 0 aromatic heterocycles. The van der Waals surface area contributed by atoms with Crippen LogP contribution in [0.15, 0.2) is 54.6 Å². The van der Waals surface area contributed by atoms with Gasteiger partial charge in [0.05, 0.1) is 11.9 Å². The quantitative estimate of drug-likeness (QED) is 0.673. The van der Waals surface area contributed by atoms with Crippen molar-refractivity contribution in [3.8, 4) is 0 Å². The molecule has 0 radical (unpaired) electrons. The largest absolute Gasteiger partial charge is 0.381 e. The van der Waals surface area contributed by atoms with Crippen molar-refractivity contribution in [3.63, 3.8) is 0 Å². The average Bonchev–Trinajstić information content (AvgIpc) is 2.77. The van der Waals surface area contributed by atoms with Gasteiger partial charge >= 0.3 is 0 Å². The van der Waals surface area contributed by atoms with Gasteiger partial charge in [-0.3, -0.25) is 9.10 Å². The summed E-state index contributed by atoms with van der Waals surface area (Å²) < 4.78 is 45.9. The maximum atomic E-state index is 14.4. The topological polar surface area (TPSA) is 75.7 Å². The Balaban J connectivity index is 1.86. The fraction of sp³-hybridized carbons (Fsp3) is 0.435. The smallest absolute Gasteiger partial charge is 0.243 e. The SMILES string of the molecule is CC[C@@H](C(=O)NCC1(c2ccccc2)CCOCC1)N(c1ccccc1F)S(C)(=O)=O. The molecule has 2 aromatic rings. The van der Waals surface area contributed by atoms with Gasteiger partial charge in [0, 0.05) is 25.2 Å². The van der Waals surface area contributed by atoms with E-state index in [1.165, 1.54) is 18.2 Å². The number of rotatable bonds is 8. The third-order valence-electron chi connectivity index (χ3n) is 5.86. The van der Waals surface area contributed by atoms with Crippen LogP contribution in [0.4, 0.5) is 10.1 Å². The molecule has 2 aromatic carbocycles. The lowest BCUT2D eigenvalue weighted by Gasteiger charge is -2.39. The molecular formula is C23H29FN2O4S. The molecule has 1 saturated heterocycles. The first-order valence-electron chi connectivity index (χ1n) is 10.4. The molecule has 0 aliphatic carbocycles. The Hall–Kier alpha value is -2.45. The summed E-state index contributed by atoms with van der Waals surface area (Å²) in [5, 5.41) is 2.96. The first kappa shape index (κ1) is 23.2. The van der Waals surface area contributed by atoms with Gasteiger partial charge in [0.15, 0.2) is 0 Å². The van der Waals surface area contributed by atoms with E-state index in [4.69, 9.17) is 4.74 Å². The van der Waals surface area contributed by atoms with Crippen LogP contribution in [0.3, 0.4) is 0 Å². The third kappa shape index (κ3) is 5.25. The number of carbonyl (C=O) groups is 1. The van der Waals surface area contributed by atoms with Crippen LogP contribution in [-0.4, -0.2) is 46.4 Å². The Labute approximate surface area is 183 Å². The highest BCUT2D eigenvalue weighted by Crippen LogP contribution is 2.34. The Kier molecular flexibility index (Phi) is 7.33. The molecule has 1 heterocycles. The zero-order valence-electron chi connectivity index (χ0n) is 17.9. The van der Waals surface area contributed by atoms with Crippen molar-refractivity contribution in [3.05, 3.63) is 66.0 Å². The summed E-state index contributed by atoms with van der Waals surface area (Å²) in [4.78, 5) is 13.2. The Morgan fingerprint density at radius 1 is 1.13 bits per heavy atom. The molecule has 0 saturated carbocycles. The van der Waals surface area contributed by atoms with E-state index in [1.807, 2.05) is 30.3 Å². The molecule has 1 atom stereocenters. The number of carbonyl (C=O) groups excluding carboxylic acids is 1. The lowest BCUT2D eigenvalue weighted by atomic mass is 9.74. The van der Waals surface area contributed by atoms with Gasteiger partial charge in [-0.15, -0.1) is 0 Å². The molecule has 0 bridgehead atoms. The van der Waals surface area contributed by atoms with Crippen molar-refractivity contribution in [2.24, 2.45) is 0 Å². The van der Waals surface area contributed by atoms with Crippen LogP contribution in [0.1, 0.15) is 31.7 Å². The van der Waals surface area contributed by atoms with Crippen LogP contribution in [-0.2, 0) is 25.0 Å². The van der Waals surface area contributed by atoms with Crippen LogP contribution < -0.4 is 9.62 Å². The second-order valence-electron chi connectivity index (χ2n) is 7.91. The molecule has 1 aliphatic rings. The molecule has 0 unspecified atom stereocenters.